The number of benzene rings is 1. The van der Waals surface area contributed by atoms with Crippen LogP contribution in [-0.4, -0.2) is 29.8 Å². The molecule has 0 heterocycles. The van der Waals surface area contributed by atoms with Gasteiger partial charge in [0.15, 0.2) is 6.10 Å². The molecule has 4 nitrogen and oxygen atoms in total. The maximum absolute atomic E-state index is 13.0. The highest BCUT2D eigenvalue weighted by Crippen LogP contribution is 2.34. The van der Waals surface area contributed by atoms with Crippen molar-refractivity contribution in [2.75, 3.05) is 6.61 Å². The van der Waals surface area contributed by atoms with E-state index in [1.54, 1.807) is 6.92 Å². The van der Waals surface area contributed by atoms with Crippen molar-refractivity contribution < 1.29 is 19.0 Å². The van der Waals surface area contributed by atoms with Crippen LogP contribution in [0.25, 0.3) is 0 Å². The molecule has 116 valence electrons. The zero-order valence-electron chi connectivity index (χ0n) is 11.8. The summed E-state index contributed by atoms with van der Waals surface area (Å²) in [7, 11) is 0. The van der Waals surface area contributed by atoms with Crippen molar-refractivity contribution in [2.24, 2.45) is 5.92 Å². The molecule has 1 amide bonds. The number of carbonyl (C=O) groups is 1. The minimum atomic E-state index is -0.743. The third kappa shape index (κ3) is 4.58. The number of hydrogen-bond acceptors (Lipinski definition) is 3. The van der Waals surface area contributed by atoms with Crippen LogP contribution < -0.4 is 10.1 Å². The standard InChI is InChI=1S/C15H19ClFNO3/c1-9(21-14-5-4-11(17)8-12(14)16)15(20)18-13(6-7-19)10-2-3-10/h4-5,8-10,13,19H,2-3,6-7H2,1H3,(H,18,20). The van der Waals surface area contributed by atoms with E-state index in [1.807, 2.05) is 0 Å². The molecule has 0 spiro atoms. The molecule has 2 unspecified atom stereocenters. The average Bonchev–Trinajstić information content (AvgIpc) is 3.25. The van der Waals surface area contributed by atoms with E-state index in [-0.39, 0.29) is 29.3 Å². The summed E-state index contributed by atoms with van der Waals surface area (Å²) in [6.45, 7) is 1.65. The first-order chi connectivity index (χ1) is 10.0. The van der Waals surface area contributed by atoms with E-state index in [2.05, 4.69) is 5.32 Å². The first kappa shape index (κ1) is 16.0. The fraction of sp³-hybridized carbons (Fsp3) is 0.533. The number of carbonyl (C=O) groups excluding carboxylic acids is 1. The highest BCUT2D eigenvalue weighted by Gasteiger charge is 2.33. The van der Waals surface area contributed by atoms with Crippen LogP contribution in [0.2, 0.25) is 5.02 Å². The molecular formula is C15H19ClFNO3. The molecule has 1 aliphatic rings. The van der Waals surface area contributed by atoms with Crippen molar-refractivity contribution in [1.29, 1.82) is 0 Å². The molecule has 1 aliphatic carbocycles. The van der Waals surface area contributed by atoms with Gasteiger partial charge in [0.1, 0.15) is 11.6 Å². The first-order valence-electron chi connectivity index (χ1n) is 7.04. The number of hydrogen-bond donors (Lipinski definition) is 2. The summed E-state index contributed by atoms with van der Waals surface area (Å²) in [4.78, 5) is 12.1. The lowest BCUT2D eigenvalue weighted by Crippen LogP contribution is -2.44. The molecule has 0 bridgehead atoms. The molecule has 2 rings (SSSR count). The number of aliphatic hydroxyl groups excluding tert-OH is 1. The molecule has 1 fully saturated rings. The quantitative estimate of drug-likeness (QED) is 0.813. The topological polar surface area (TPSA) is 58.6 Å². The van der Waals surface area contributed by atoms with E-state index >= 15 is 0 Å². The number of rotatable bonds is 7. The van der Waals surface area contributed by atoms with Crippen LogP contribution in [-0.2, 0) is 4.79 Å². The van der Waals surface area contributed by atoms with E-state index in [0.717, 1.165) is 18.9 Å². The van der Waals surface area contributed by atoms with Crippen molar-refractivity contribution in [3.8, 4) is 5.75 Å². The molecule has 1 aromatic rings. The van der Waals surface area contributed by atoms with Crippen LogP contribution in [0.5, 0.6) is 5.75 Å². The number of aliphatic hydroxyl groups is 1. The van der Waals surface area contributed by atoms with Crippen LogP contribution in [0.4, 0.5) is 4.39 Å². The van der Waals surface area contributed by atoms with Gasteiger partial charge in [-0.3, -0.25) is 4.79 Å². The third-order valence-electron chi connectivity index (χ3n) is 3.53. The summed E-state index contributed by atoms with van der Waals surface area (Å²) in [5.41, 5.74) is 0. The molecule has 2 atom stereocenters. The highest BCUT2D eigenvalue weighted by atomic mass is 35.5. The van der Waals surface area contributed by atoms with Gasteiger partial charge in [-0.25, -0.2) is 4.39 Å². The number of halogens is 2. The third-order valence-corrected chi connectivity index (χ3v) is 3.82. The van der Waals surface area contributed by atoms with Gasteiger partial charge in [0, 0.05) is 12.6 Å². The van der Waals surface area contributed by atoms with Gasteiger partial charge in [-0.1, -0.05) is 11.6 Å². The Morgan fingerprint density at radius 1 is 1.57 bits per heavy atom. The molecule has 21 heavy (non-hydrogen) atoms. The van der Waals surface area contributed by atoms with Crippen LogP contribution in [0.15, 0.2) is 18.2 Å². The Morgan fingerprint density at radius 3 is 2.86 bits per heavy atom. The molecule has 2 N–H and O–H groups in total. The van der Waals surface area contributed by atoms with Crippen LogP contribution >= 0.6 is 11.6 Å². The molecule has 0 aliphatic heterocycles. The lowest BCUT2D eigenvalue weighted by atomic mass is 10.1. The Hall–Kier alpha value is -1.33. The van der Waals surface area contributed by atoms with Gasteiger partial charge in [-0.05, 0) is 50.3 Å². The van der Waals surface area contributed by atoms with Gasteiger partial charge in [-0.2, -0.15) is 0 Å². The van der Waals surface area contributed by atoms with Crippen molar-refractivity contribution in [1.82, 2.24) is 5.32 Å². The molecule has 1 saturated carbocycles. The fourth-order valence-corrected chi connectivity index (χ4v) is 2.39. The summed E-state index contributed by atoms with van der Waals surface area (Å²) in [5.74, 6) is -0.00417. The predicted molar refractivity (Wildman–Crippen MR) is 77.9 cm³/mol. The Bertz CT molecular complexity index is 508. The van der Waals surface area contributed by atoms with E-state index < -0.39 is 11.9 Å². The smallest absolute Gasteiger partial charge is 0.261 e. The summed E-state index contributed by atoms with van der Waals surface area (Å²) in [6.07, 6.45) is 1.95. The Balaban J connectivity index is 1.92. The molecule has 0 radical (unpaired) electrons. The average molecular weight is 316 g/mol. The van der Waals surface area contributed by atoms with Crippen molar-refractivity contribution >= 4 is 17.5 Å². The van der Waals surface area contributed by atoms with Gasteiger partial charge >= 0.3 is 0 Å². The zero-order valence-corrected chi connectivity index (χ0v) is 12.6. The van der Waals surface area contributed by atoms with Crippen LogP contribution in [0.1, 0.15) is 26.2 Å². The van der Waals surface area contributed by atoms with Gasteiger partial charge in [0.25, 0.3) is 5.91 Å². The van der Waals surface area contributed by atoms with Crippen molar-refractivity contribution in [2.45, 2.75) is 38.3 Å². The molecule has 6 heteroatoms. The lowest BCUT2D eigenvalue weighted by Gasteiger charge is -2.21. The maximum Gasteiger partial charge on any atom is 0.261 e. The summed E-state index contributed by atoms with van der Waals surface area (Å²) >= 11 is 5.86. The highest BCUT2D eigenvalue weighted by molar-refractivity contribution is 6.32. The number of nitrogens with one attached hydrogen (secondary N) is 1. The summed E-state index contributed by atoms with van der Waals surface area (Å²) < 4.78 is 18.4. The first-order valence-corrected chi connectivity index (χ1v) is 7.42. The van der Waals surface area contributed by atoms with Gasteiger partial charge in [0.2, 0.25) is 0 Å². The monoisotopic (exact) mass is 315 g/mol. The van der Waals surface area contributed by atoms with Crippen molar-refractivity contribution in [3.05, 3.63) is 29.0 Å². The van der Waals surface area contributed by atoms with E-state index in [1.165, 1.54) is 12.1 Å². The van der Waals surface area contributed by atoms with Gasteiger partial charge in [0.05, 0.1) is 5.02 Å². The SMILES string of the molecule is CC(Oc1ccc(F)cc1Cl)C(=O)NC(CCO)C1CC1. The van der Waals surface area contributed by atoms with Crippen LogP contribution in [0, 0.1) is 11.7 Å². The molecule has 1 aromatic carbocycles. The Labute approximate surface area is 128 Å². The molecule has 0 saturated heterocycles. The molecular weight excluding hydrogens is 297 g/mol. The number of ether oxygens (including phenoxy) is 1. The zero-order chi connectivity index (χ0) is 15.4. The minimum absolute atomic E-state index is 0.0164. The molecule has 0 aromatic heterocycles. The second-order valence-electron chi connectivity index (χ2n) is 5.30. The van der Waals surface area contributed by atoms with E-state index in [9.17, 15) is 9.18 Å². The minimum Gasteiger partial charge on any atom is -0.479 e. The largest absolute Gasteiger partial charge is 0.479 e. The summed E-state index contributed by atoms with van der Waals surface area (Å²) in [5, 5.41) is 12.0. The lowest BCUT2D eigenvalue weighted by molar-refractivity contribution is -0.128. The fourth-order valence-electron chi connectivity index (χ4n) is 2.18. The predicted octanol–water partition coefficient (Wildman–Crippen LogP) is 2.52. The Kier molecular flexibility index (Phi) is 5.42. The van der Waals surface area contributed by atoms with E-state index in [4.69, 9.17) is 21.4 Å². The normalized spacial score (nSPS) is 17.1. The van der Waals surface area contributed by atoms with Gasteiger partial charge in [-0.15, -0.1) is 0 Å². The van der Waals surface area contributed by atoms with Crippen LogP contribution in [0.3, 0.4) is 0 Å². The number of amides is 1. The Morgan fingerprint density at radius 2 is 2.29 bits per heavy atom. The van der Waals surface area contributed by atoms with E-state index in [0.29, 0.717) is 12.3 Å². The maximum atomic E-state index is 13.0. The second kappa shape index (κ2) is 7.09. The van der Waals surface area contributed by atoms with Crippen molar-refractivity contribution in [3.63, 3.8) is 0 Å². The van der Waals surface area contributed by atoms with Gasteiger partial charge < -0.3 is 15.2 Å². The summed E-state index contributed by atoms with van der Waals surface area (Å²) in [6, 6.07) is 3.75. The second-order valence-corrected chi connectivity index (χ2v) is 5.71.